The van der Waals surface area contributed by atoms with Crippen molar-refractivity contribution in [3.63, 3.8) is 0 Å². The van der Waals surface area contributed by atoms with Gasteiger partial charge in [-0.05, 0) is 31.0 Å². The van der Waals surface area contributed by atoms with Crippen molar-refractivity contribution in [3.8, 4) is 11.5 Å². The van der Waals surface area contributed by atoms with E-state index in [1.54, 1.807) is 25.3 Å². The van der Waals surface area contributed by atoms with E-state index in [0.29, 0.717) is 18.1 Å². The zero-order chi connectivity index (χ0) is 19.1. The smallest absolute Gasteiger partial charge is 0.322 e. The average molecular weight is 362 g/mol. The van der Waals surface area contributed by atoms with E-state index in [0.717, 1.165) is 18.4 Å². The fraction of sp³-hybridized carbons (Fsp3) is 0.412. The number of aromatic nitrogens is 2. The number of hydrogen-bond acceptors (Lipinski definition) is 6. The molecule has 0 saturated carbocycles. The lowest BCUT2D eigenvalue weighted by molar-refractivity contribution is -0.385. The summed E-state index contributed by atoms with van der Waals surface area (Å²) in [5.74, 6) is 0.576. The molecule has 9 heteroatoms. The van der Waals surface area contributed by atoms with Crippen molar-refractivity contribution in [2.75, 3.05) is 13.7 Å². The molecule has 26 heavy (non-hydrogen) atoms. The molecule has 1 heterocycles. The van der Waals surface area contributed by atoms with Gasteiger partial charge in [0.1, 0.15) is 5.69 Å². The van der Waals surface area contributed by atoms with Crippen molar-refractivity contribution >= 4 is 11.6 Å². The Hall–Kier alpha value is -3.10. The quantitative estimate of drug-likeness (QED) is 0.402. The van der Waals surface area contributed by atoms with Gasteiger partial charge in [-0.2, -0.15) is 5.10 Å². The minimum Gasteiger partial charge on any atom is -0.493 e. The van der Waals surface area contributed by atoms with Gasteiger partial charge in [0.15, 0.2) is 11.5 Å². The van der Waals surface area contributed by atoms with Gasteiger partial charge in [-0.15, -0.1) is 0 Å². The van der Waals surface area contributed by atoms with Gasteiger partial charge >= 0.3 is 5.69 Å². The Kier molecular flexibility index (Phi) is 6.54. The topological polar surface area (TPSA) is 119 Å². The van der Waals surface area contributed by atoms with Gasteiger partial charge in [0.25, 0.3) is 5.91 Å². The maximum Gasteiger partial charge on any atom is 0.322 e. The zero-order valence-corrected chi connectivity index (χ0v) is 15.0. The summed E-state index contributed by atoms with van der Waals surface area (Å²) in [4.78, 5) is 22.6. The van der Waals surface area contributed by atoms with E-state index in [1.807, 2.05) is 0 Å². The predicted molar refractivity (Wildman–Crippen MR) is 94.5 cm³/mol. The first-order valence-electron chi connectivity index (χ1n) is 8.25. The second kappa shape index (κ2) is 8.84. The Bertz CT molecular complexity index is 787. The first-order chi connectivity index (χ1) is 12.5. The summed E-state index contributed by atoms with van der Waals surface area (Å²) in [5, 5.41) is 19.8. The lowest BCUT2D eigenvalue weighted by Crippen LogP contribution is -2.24. The van der Waals surface area contributed by atoms with Crippen LogP contribution in [-0.4, -0.2) is 34.7 Å². The number of carbonyl (C=O) groups is 1. The molecule has 0 aliphatic rings. The number of hydrogen-bond donors (Lipinski definition) is 2. The van der Waals surface area contributed by atoms with E-state index < -0.39 is 10.8 Å². The molecule has 0 fully saturated rings. The fourth-order valence-corrected chi connectivity index (χ4v) is 2.34. The van der Waals surface area contributed by atoms with Crippen LogP contribution in [0.5, 0.6) is 11.5 Å². The molecule has 0 unspecified atom stereocenters. The Morgan fingerprint density at radius 3 is 2.81 bits per heavy atom. The lowest BCUT2D eigenvalue weighted by Gasteiger charge is -2.12. The molecule has 1 aromatic heterocycles. The summed E-state index contributed by atoms with van der Waals surface area (Å²) in [6.45, 7) is 4.35. The van der Waals surface area contributed by atoms with Crippen LogP contribution in [0.25, 0.3) is 0 Å². The number of nitrogens with zero attached hydrogens (tertiary/aromatic N) is 2. The third-order valence-electron chi connectivity index (χ3n) is 3.75. The van der Waals surface area contributed by atoms with Crippen LogP contribution in [0.15, 0.2) is 18.2 Å². The number of nitrogens with one attached hydrogen (secondary N) is 2. The highest BCUT2D eigenvalue weighted by atomic mass is 16.6. The average Bonchev–Trinajstić information content (AvgIpc) is 3.02. The van der Waals surface area contributed by atoms with Crippen molar-refractivity contribution in [1.29, 1.82) is 0 Å². The van der Waals surface area contributed by atoms with Crippen LogP contribution < -0.4 is 14.8 Å². The first kappa shape index (κ1) is 19.2. The van der Waals surface area contributed by atoms with E-state index in [-0.39, 0.29) is 23.6 Å². The maximum atomic E-state index is 12.2. The summed E-state index contributed by atoms with van der Waals surface area (Å²) in [6, 6.07) is 5.33. The number of benzene rings is 1. The van der Waals surface area contributed by atoms with Crippen LogP contribution in [-0.2, 0) is 6.54 Å². The van der Waals surface area contributed by atoms with Crippen LogP contribution in [0.1, 0.15) is 41.5 Å². The SMILES string of the molecule is CCCCOc1ccc(CNC(=O)c2n[nH]c(C)c2[N+](=O)[O-])cc1OC. The molecule has 9 nitrogen and oxygen atoms in total. The number of H-pyrrole nitrogens is 1. The monoisotopic (exact) mass is 362 g/mol. The van der Waals surface area contributed by atoms with Gasteiger partial charge in [0.05, 0.1) is 18.6 Å². The van der Waals surface area contributed by atoms with Crippen LogP contribution in [0.4, 0.5) is 5.69 Å². The van der Waals surface area contributed by atoms with E-state index in [9.17, 15) is 14.9 Å². The predicted octanol–water partition coefficient (Wildman–Crippen LogP) is 2.74. The number of aromatic amines is 1. The molecule has 0 spiro atoms. The number of carbonyl (C=O) groups excluding carboxylic acids is 1. The Morgan fingerprint density at radius 2 is 2.15 bits per heavy atom. The van der Waals surface area contributed by atoms with Crippen LogP contribution in [0.3, 0.4) is 0 Å². The minimum absolute atomic E-state index is 0.174. The second-order valence-corrected chi connectivity index (χ2v) is 5.67. The highest BCUT2D eigenvalue weighted by molar-refractivity contribution is 5.96. The molecule has 0 radical (unpaired) electrons. The molecule has 0 saturated heterocycles. The molecule has 0 atom stereocenters. The number of amides is 1. The van der Waals surface area contributed by atoms with Crippen molar-refractivity contribution < 1.29 is 19.2 Å². The number of methoxy groups -OCH3 is 1. The minimum atomic E-state index is -0.626. The molecule has 2 rings (SSSR count). The highest BCUT2D eigenvalue weighted by Gasteiger charge is 2.26. The Balaban J connectivity index is 2.05. The lowest BCUT2D eigenvalue weighted by atomic mass is 10.2. The molecule has 1 amide bonds. The van der Waals surface area contributed by atoms with Crippen LogP contribution >= 0.6 is 0 Å². The van der Waals surface area contributed by atoms with Crippen LogP contribution in [0.2, 0.25) is 0 Å². The number of rotatable bonds is 9. The number of ether oxygens (including phenoxy) is 2. The van der Waals surface area contributed by atoms with E-state index in [2.05, 4.69) is 22.4 Å². The van der Waals surface area contributed by atoms with Crippen molar-refractivity contribution in [3.05, 3.63) is 45.3 Å². The molecular weight excluding hydrogens is 340 g/mol. The standard InChI is InChI=1S/C17H22N4O5/c1-4-5-8-26-13-7-6-12(9-14(13)25-3)10-18-17(22)15-16(21(23)24)11(2)19-20-15/h6-7,9H,4-5,8,10H2,1-3H3,(H,18,22)(H,19,20). The van der Waals surface area contributed by atoms with Gasteiger partial charge in [-0.25, -0.2) is 0 Å². The van der Waals surface area contributed by atoms with E-state index >= 15 is 0 Å². The fourth-order valence-electron chi connectivity index (χ4n) is 2.34. The van der Waals surface area contributed by atoms with Gasteiger partial charge in [0.2, 0.25) is 5.69 Å². The molecule has 0 bridgehead atoms. The third-order valence-corrected chi connectivity index (χ3v) is 3.75. The summed E-state index contributed by atoms with van der Waals surface area (Å²) in [5.41, 5.74) is 0.446. The largest absolute Gasteiger partial charge is 0.493 e. The Labute approximate surface area is 150 Å². The molecule has 140 valence electrons. The number of unbranched alkanes of at least 4 members (excludes halogenated alkanes) is 1. The van der Waals surface area contributed by atoms with Gasteiger partial charge in [-0.3, -0.25) is 20.0 Å². The molecule has 0 aliphatic heterocycles. The molecule has 1 aromatic carbocycles. The number of nitro groups is 1. The zero-order valence-electron chi connectivity index (χ0n) is 15.0. The highest BCUT2D eigenvalue weighted by Crippen LogP contribution is 2.28. The summed E-state index contributed by atoms with van der Waals surface area (Å²) < 4.78 is 11.0. The van der Waals surface area contributed by atoms with Crippen LogP contribution in [0, 0.1) is 17.0 Å². The molecular formula is C17H22N4O5. The normalized spacial score (nSPS) is 10.4. The van der Waals surface area contributed by atoms with Gasteiger partial charge in [-0.1, -0.05) is 19.4 Å². The van der Waals surface area contributed by atoms with E-state index in [4.69, 9.17) is 9.47 Å². The molecule has 0 aliphatic carbocycles. The van der Waals surface area contributed by atoms with Gasteiger partial charge in [0, 0.05) is 6.54 Å². The van der Waals surface area contributed by atoms with Crippen molar-refractivity contribution in [2.24, 2.45) is 0 Å². The van der Waals surface area contributed by atoms with Crippen molar-refractivity contribution in [1.82, 2.24) is 15.5 Å². The first-order valence-corrected chi connectivity index (χ1v) is 8.25. The van der Waals surface area contributed by atoms with E-state index in [1.165, 1.54) is 6.92 Å². The summed E-state index contributed by atoms with van der Waals surface area (Å²) >= 11 is 0. The summed E-state index contributed by atoms with van der Waals surface area (Å²) in [6.07, 6.45) is 1.98. The third kappa shape index (κ3) is 4.50. The maximum absolute atomic E-state index is 12.2. The summed E-state index contributed by atoms with van der Waals surface area (Å²) in [7, 11) is 1.54. The number of aryl methyl sites for hydroxylation is 1. The van der Waals surface area contributed by atoms with Gasteiger partial charge < -0.3 is 14.8 Å². The Morgan fingerprint density at radius 1 is 1.38 bits per heavy atom. The van der Waals surface area contributed by atoms with Crippen molar-refractivity contribution in [2.45, 2.75) is 33.2 Å². The second-order valence-electron chi connectivity index (χ2n) is 5.67. The molecule has 2 aromatic rings. The molecule has 2 N–H and O–H groups in total.